The number of para-hydroxylation sites is 1. The predicted molar refractivity (Wildman–Crippen MR) is 78.0 cm³/mol. The highest BCUT2D eigenvalue weighted by atomic mass is 16.5. The summed E-state index contributed by atoms with van der Waals surface area (Å²) in [4.78, 5) is 16.3. The first-order valence-electron chi connectivity index (χ1n) is 6.57. The van der Waals surface area contributed by atoms with Crippen molar-refractivity contribution >= 4 is 5.91 Å². The summed E-state index contributed by atoms with van der Waals surface area (Å²) < 4.78 is 5.51. The molecule has 20 heavy (non-hydrogen) atoms. The largest absolute Gasteiger partial charge is 0.492 e. The van der Waals surface area contributed by atoms with E-state index in [1.807, 2.05) is 50.2 Å². The van der Waals surface area contributed by atoms with E-state index >= 15 is 0 Å². The number of carbonyl (C=O) groups is 1. The number of nitrogens with zero attached hydrogens (tertiary/aromatic N) is 1. The molecule has 0 unspecified atom stereocenters. The van der Waals surface area contributed by atoms with Crippen LogP contribution in [-0.4, -0.2) is 24.0 Å². The van der Waals surface area contributed by atoms with Crippen LogP contribution in [0, 0.1) is 13.8 Å². The zero-order chi connectivity index (χ0) is 14.4. The fraction of sp³-hybridized carbons (Fsp3) is 0.250. The van der Waals surface area contributed by atoms with Crippen LogP contribution >= 0.6 is 0 Å². The van der Waals surface area contributed by atoms with E-state index in [-0.39, 0.29) is 5.91 Å². The standard InChI is InChI=1S/C16H18N2O2/c1-12-8-9-15(13(2)18-12)16(19)17-10-11-20-14-6-4-3-5-7-14/h3-9H,10-11H2,1-2H3,(H,17,19). The summed E-state index contributed by atoms with van der Waals surface area (Å²) in [7, 11) is 0. The summed E-state index contributed by atoms with van der Waals surface area (Å²) in [5, 5.41) is 2.83. The average molecular weight is 270 g/mol. The topological polar surface area (TPSA) is 51.2 Å². The minimum absolute atomic E-state index is 0.119. The molecule has 4 heteroatoms. The van der Waals surface area contributed by atoms with Crippen molar-refractivity contribution in [3.05, 3.63) is 59.4 Å². The van der Waals surface area contributed by atoms with E-state index in [0.29, 0.717) is 18.7 Å². The zero-order valence-electron chi connectivity index (χ0n) is 11.7. The molecule has 1 heterocycles. The molecule has 0 saturated carbocycles. The third-order valence-corrected chi connectivity index (χ3v) is 2.87. The van der Waals surface area contributed by atoms with Crippen molar-refractivity contribution < 1.29 is 9.53 Å². The number of aromatic nitrogens is 1. The number of hydrogen-bond acceptors (Lipinski definition) is 3. The van der Waals surface area contributed by atoms with Gasteiger partial charge in [-0.15, -0.1) is 0 Å². The fourth-order valence-corrected chi connectivity index (χ4v) is 1.87. The third kappa shape index (κ3) is 3.82. The zero-order valence-corrected chi connectivity index (χ0v) is 11.7. The molecule has 2 rings (SSSR count). The molecular weight excluding hydrogens is 252 g/mol. The van der Waals surface area contributed by atoms with Gasteiger partial charge in [-0.05, 0) is 38.1 Å². The van der Waals surface area contributed by atoms with Gasteiger partial charge in [-0.3, -0.25) is 9.78 Å². The lowest BCUT2D eigenvalue weighted by Crippen LogP contribution is -2.28. The summed E-state index contributed by atoms with van der Waals surface area (Å²) in [5.74, 6) is 0.682. The molecule has 0 fully saturated rings. The SMILES string of the molecule is Cc1ccc(C(=O)NCCOc2ccccc2)c(C)n1. The van der Waals surface area contributed by atoms with Crippen LogP contribution in [0.3, 0.4) is 0 Å². The molecule has 1 aromatic heterocycles. The molecule has 0 saturated heterocycles. The first kappa shape index (κ1) is 14.1. The number of hydrogen-bond donors (Lipinski definition) is 1. The van der Waals surface area contributed by atoms with Crippen LogP contribution in [0.5, 0.6) is 5.75 Å². The Balaban J connectivity index is 1.80. The first-order chi connectivity index (χ1) is 9.66. The summed E-state index contributed by atoms with van der Waals surface area (Å²) in [5.41, 5.74) is 2.26. The van der Waals surface area contributed by atoms with E-state index in [1.54, 1.807) is 6.07 Å². The van der Waals surface area contributed by atoms with E-state index in [4.69, 9.17) is 4.74 Å². The Morgan fingerprint density at radius 3 is 2.60 bits per heavy atom. The molecule has 0 atom stereocenters. The molecule has 0 aliphatic heterocycles. The highest BCUT2D eigenvalue weighted by Gasteiger charge is 2.09. The maximum atomic E-state index is 12.0. The molecule has 0 spiro atoms. The van der Waals surface area contributed by atoms with Crippen LogP contribution in [0.15, 0.2) is 42.5 Å². The van der Waals surface area contributed by atoms with E-state index in [9.17, 15) is 4.79 Å². The van der Waals surface area contributed by atoms with Crippen LogP contribution in [0.1, 0.15) is 21.7 Å². The van der Waals surface area contributed by atoms with Crippen LogP contribution in [-0.2, 0) is 0 Å². The molecule has 0 bridgehead atoms. The van der Waals surface area contributed by atoms with E-state index < -0.39 is 0 Å². The van der Waals surface area contributed by atoms with Gasteiger partial charge in [0.2, 0.25) is 0 Å². The van der Waals surface area contributed by atoms with Gasteiger partial charge < -0.3 is 10.1 Å². The highest BCUT2D eigenvalue weighted by molar-refractivity contribution is 5.95. The minimum atomic E-state index is -0.119. The highest BCUT2D eigenvalue weighted by Crippen LogP contribution is 2.08. The molecule has 1 amide bonds. The molecule has 104 valence electrons. The molecule has 1 aromatic carbocycles. The van der Waals surface area contributed by atoms with Gasteiger partial charge >= 0.3 is 0 Å². The van der Waals surface area contributed by atoms with Crippen molar-refractivity contribution in [3.8, 4) is 5.75 Å². The monoisotopic (exact) mass is 270 g/mol. The van der Waals surface area contributed by atoms with Gasteiger partial charge in [-0.2, -0.15) is 0 Å². The predicted octanol–water partition coefficient (Wildman–Crippen LogP) is 2.51. The molecule has 0 aliphatic carbocycles. The van der Waals surface area contributed by atoms with Crippen LogP contribution in [0.4, 0.5) is 0 Å². The maximum Gasteiger partial charge on any atom is 0.253 e. The Bertz CT molecular complexity index is 582. The summed E-state index contributed by atoms with van der Waals surface area (Å²) in [6.45, 7) is 4.64. The van der Waals surface area contributed by atoms with Crippen LogP contribution < -0.4 is 10.1 Å². The summed E-state index contributed by atoms with van der Waals surface area (Å²) in [6, 6.07) is 13.2. The quantitative estimate of drug-likeness (QED) is 0.849. The lowest BCUT2D eigenvalue weighted by Gasteiger charge is -2.09. The molecule has 1 N–H and O–H groups in total. The van der Waals surface area contributed by atoms with Gasteiger partial charge in [-0.25, -0.2) is 0 Å². The second-order valence-electron chi connectivity index (χ2n) is 4.50. The normalized spacial score (nSPS) is 10.1. The number of aryl methyl sites for hydroxylation is 2. The Morgan fingerprint density at radius 2 is 1.90 bits per heavy atom. The van der Waals surface area contributed by atoms with Gasteiger partial charge in [0, 0.05) is 5.69 Å². The Kier molecular flexibility index (Phi) is 4.71. The second-order valence-corrected chi connectivity index (χ2v) is 4.50. The minimum Gasteiger partial charge on any atom is -0.492 e. The Morgan fingerprint density at radius 1 is 1.15 bits per heavy atom. The number of nitrogens with one attached hydrogen (secondary N) is 1. The van der Waals surface area contributed by atoms with Gasteiger partial charge in [0.1, 0.15) is 12.4 Å². The molecule has 0 aliphatic rings. The van der Waals surface area contributed by atoms with E-state index in [1.165, 1.54) is 0 Å². The number of carbonyl (C=O) groups excluding carboxylic acids is 1. The van der Waals surface area contributed by atoms with Gasteiger partial charge in [-0.1, -0.05) is 18.2 Å². The smallest absolute Gasteiger partial charge is 0.253 e. The number of pyridine rings is 1. The maximum absolute atomic E-state index is 12.0. The van der Waals surface area contributed by atoms with Gasteiger partial charge in [0.25, 0.3) is 5.91 Å². The van der Waals surface area contributed by atoms with E-state index in [0.717, 1.165) is 17.1 Å². The van der Waals surface area contributed by atoms with Crippen molar-refractivity contribution in [3.63, 3.8) is 0 Å². The molecule has 0 radical (unpaired) electrons. The average Bonchev–Trinajstić information content (AvgIpc) is 2.44. The fourth-order valence-electron chi connectivity index (χ4n) is 1.87. The number of rotatable bonds is 5. The number of benzene rings is 1. The number of amides is 1. The van der Waals surface area contributed by atoms with Crippen molar-refractivity contribution in [2.75, 3.05) is 13.2 Å². The van der Waals surface area contributed by atoms with Crippen molar-refractivity contribution in [1.29, 1.82) is 0 Å². The van der Waals surface area contributed by atoms with Gasteiger partial charge in [0.15, 0.2) is 0 Å². The van der Waals surface area contributed by atoms with Crippen LogP contribution in [0.25, 0.3) is 0 Å². The first-order valence-corrected chi connectivity index (χ1v) is 6.57. The third-order valence-electron chi connectivity index (χ3n) is 2.87. The Labute approximate surface area is 118 Å². The lowest BCUT2D eigenvalue weighted by molar-refractivity contribution is 0.0946. The van der Waals surface area contributed by atoms with Gasteiger partial charge in [0.05, 0.1) is 17.8 Å². The van der Waals surface area contributed by atoms with Crippen LogP contribution in [0.2, 0.25) is 0 Å². The second kappa shape index (κ2) is 6.70. The summed E-state index contributed by atoms with van der Waals surface area (Å²) in [6.07, 6.45) is 0. The van der Waals surface area contributed by atoms with Crippen molar-refractivity contribution in [2.45, 2.75) is 13.8 Å². The van der Waals surface area contributed by atoms with Crippen molar-refractivity contribution in [2.24, 2.45) is 0 Å². The Hall–Kier alpha value is -2.36. The number of ether oxygens (including phenoxy) is 1. The molecular formula is C16H18N2O2. The molecule has 4 nitrogen and oxygen atoms in total. The molecule has 2 aromatic rings. The summed E-state index contributed by atoms with van der Waals surface area (Å²) >= 11 is 0. The van der Waals surface area contributed by atoms with E-state index in [2.05, 4.69) is 10.3 Å². The van der Waals surface area contributed by atoms with Crippen molar-refractivity contribution in [1.82, 2.24) is 10.3 Å². The lowest BCUT2D eigenvalue weighted by atomic mass is 10.2.